The molecular weight excluding hydrogens is 332 g/mol. The van der Waals surface area contributed by atoms with Crippen molar-refractivity contribution in [2.75, 3.05) is 0 Å². The molecule has 0 bridgehead atoms. The monoisotopic (exact) mass is 380 g/mol. The maximum atomic E-state index is 11.4. The van der Waals surface area contributed by atoms with E-state index in [0.29, 0.717) is 11.0 Å². The molecule has 0 aromatic carbocycles. The fourth-order valence-electron chi connectivity index (χ4n) is 4.12. The van der Waals surface area contributed by atoms with Crippen molar-refractivity contribution in [3.63, 3.8) is 0 Å². The Bertz CT molecular complexity index is 372. The van der Waals surface area contributed by atoms with Crippen molar-refractivity contribution in [1.82, 2.24) is 0 Å². The molecular formula is C25H48O2. The fraction of sp³-hybridized carbons (Fsp3) is 0.880. The molecule has 0 aromatic heterocycles. The smallest absolute Gasteiger partial charge is 0.331 e. The minimum atomic E-state index is -0.710. The van der Waals surface area contributed by atoms with Gasteiger partial charge in [0.15, 0.2) is 0 Å². The zero-order valence-electron chi connectivity index (χ0n) is 19.0. The first-order valence-electron chi connectivity index (χ1n) is 12.0. The van der Waals surface area contributed by atoms with Crippen LogP contribution in [0.2, 0.25) is 0 Å². The van der Waals surface area contributed by atoms with Crippen LogP contribution in [-0.2, 0) is 4.79 Å². The van der Waals surface area contributed by atoms with Crippen LogP contribution in [0.5, 0.6) is 0 Å². The molecule has 0 atom stereocenters. The average molecular weight is 381 g/mol. The maximum absolute atomic E-state index is 11.4. The highest BCUT2D eigenvalue weighted by molar-refractivity contribution is 5.86. The van der Waals surface area contributed by atoms with Gasteiger partial charge in [-0.05, 0) is 37.5 Å². The van der Waals surface area contributed by atoms with Gasteiger partial charge < -0.3 is 5.11 Å². The number of aliphatic carboxylic acids is 1. The molecule has 27 heavy (non-hydrogen) atoms. The molecule has 0 aliphatic heterocycles. The van der Waals surface area contributed by atoms with E-state index in [2.05, 4.69) is 27.7 Å². The van der Waals surface area contributed by atoms with Crippen LogP contribution in [0.3, 0.4) is 0 Å². The van der Waals surface area contributed by atoms with E-state index in [4.69, 9.17) is 0 Å². The molecule has 0 fully saturated rings. The minimum Gasteiger partial charge on any atom is -0.478 e. The highest BCUT2D eigenvalue weighted by atomic mass is 16.4. The van der Waals surface area contributed by atoms with Crippen LogP contribution >= 0.6 is 0 Å². The molecule has 0 radical (unpaired) electrons. The van der Waals surface area contributed by atoms with Gasteiger partial charge in [0.25, 0.3) is 0 Å². The number of unbranched alkanes of at least 4 members (excludes halogenated alkanes) is 10. The second-order valence-electron chi connectivity index (χ2n) is 8.42. The van der Waals surface area contributed by atoms with Crippen molar-refractivity contribution in [1.29, 1.82) is 0 Å². The zero-order valence-corrected chi connectivity index (χ0v) is 19.0. The molecule has 160 valence electrons. The molecule has 0 heterocycles. The summed E-state index contributed by atoms with van der Waals surface area (Å²) in [6.45, 7) is 9.24. The van der Waals surface area contributed by atoms with E-state index in [0.717, 1.165) is 25.7 Å². The van der Waals surface area contributed by atoms with E-state index in [9.17, 15) is 9.90 Å². The summed E-state index contributed by atoms with van der Waals surface area (Å²) in [5.74, 6) is -0.710. The minimum absolute atomic E-state index is 0.579. The topological polar surface area (TPSA) is 37.3 Å². The number of hydrogen-bond donors (Lipinski definition) is 1. The number of carbonyl (C=O) groups is 1. The molecule has 2 heteroatoms. The van der Waals surface area contributed by atoms with E-state index in [1.807, 2.05) is 6.08 Å². The highest BCUT2D eigenvalue weighted by Gasteiger charge is 2.22. The maximum Gasteiger partial charge on any atom is 0.331 e. The second kappa shape index (κ2) is 17.3. The molecule has 0 saturated heterocycles. The summed E-state index contributed by atoms with van der Waals surface area (Å²) in [7, 11) is 0. The average Bonchev–Trinajstić information content (AvgIpc) is 2.68. The number of hydrogen-bond acceptors (Lipinski definition) is 1. The van der Waals surface area contributed by atoms with Gasteiger partial charge in [-0.25, -0.2) is 4.79 Å². The quantitative estimate of drug-likeness (QED) is 0.180. The highest BCUT2D eigenvalue weighted by Crippen LogP contribution is 2.36. The van der Waals surface area contributed by atoms with Gasteiger partial charge in [-0.1, -0.05) is 111 Å². The summed E-state index contributed by atoms with van der Waals surface area (Å²) in [5, 5.41) is 9.36. The standard InChI is InChI=1S/C25H48O2/c1-5-9-10-11-14-17-20-23(24(26)27)21-18-15-12-13-16-19-22-25(6-2,7-3)8-4/h21H,5-20,22H2,1-4H3,(H,26,27). The third kappa shape index (κ3) is 13.1. The molecule has 0 spiro atoms. The Labute approximate surface area is 170 Å². The third-order valence-electron chi connectivity index (χ3n) is 6.63. The Morgan fingerprint density at radius 3 is 1.81 bits per heavy atom. The first kappa shape index (κ1) is 26.2. The van der Waals surface area contributed by atoms with Crippen molar-refractivity contribution in [2.45, 2.75) is 137 Å². The largest absolute Gasteiger partial charge is 0.478 e. The molecule has 0 saturated carbocycles. The van der Waals surface area contributed by atoms with Crippen LogP contribution in [-0.4, -0.2) is 11.1 Å². The Hall–Kier alpha value is -0.790. The van der Waals surface area contributed by atoms with Gasteiger partial charge in [-0.15, -0.1) is 0 Å². The summed E-state index contributed by atoms with van der Waals surface area (Å²) >= 11 is 0. The Morgan fingerprint density at radius 1 is 0.741 bits per heavy atom. The number of rotatable bonds is 19. The lowest BCUT2D eigenvalue weighted by atomic mass is 9.75. The lowest BCUT2D eigenvalue weighted by Gasteiger charge is -2.30. The van der Waals surface area contributed by atoms with Crippen molar-refractivity contribution in [3.05, 3.63) is 11.6 Å². The van der Waals surface area contributed by atoms with Crippen molar-refractivity contribution in [2.24, 2.45) is 5.41 Å². The van der Waals surface area contributed by atoms with Gasteiger partial charge in [-0.2, -0.15) is 0 Å². The van der Waals surface area contributed by atoms with Crippen LogP contribution in [0.15, 0.2) is 11.6 Å². The summed E-state index contributed by atoms with van der Waals surface area (Å²) in [5.41, 5.74) is 1.22. The molecule has 0 aliphatic carbocycles. The molecule has 0 aliphatic rings. The first-order chi connectivity index (χ1) is 13.0. The Kier molecular flexibility index (Phi) is 16.8. The molecule has 0 unspecified atom stereocenters. The zero-order chi connectivity index (χ0) is 20.4. The molecule has 2 nitrogen and oxygen atoms in total. The van der Waals surface area contributed by atoms with Gasteiger partial charge in [0, 0.05) is 5.57 Å². The predicted molar refractivity (Wildman–Crippen MR) is 119 cm³/mol. The third-order valence-corrected chi connectivity index (χ3v) is 6.63. The lowest BCUT2D eigenvalue weighted by Crippen LogP contribution is -2.17. The van der Waals surface area contributed by atoms with E-state index in [-0.39, 0.29) is 0 Å². The van der Waals surface area contributed by atoms with E-state index < -0.39 is 5.97 Å². The van der Waals surface area contributed by atoms with Crippen LogP contribution in [0.25, 0.3) is 0 Å². The van der Waals surface area contributed by atoms with Crippen LogP contribution in [0.1, 0.15) is 137 Å². The Morgan fingerprint density at radius 2 is 1.26 bits per heavy atom. The number of carboxylic acids is 1. The fourth-order valence-corrected chi connectivity index (χ4v) is 4.12. The van der Waals surface area contributed by atoms with Gasteiger partial charge in [0.2, 0.25) is 0 Å². The molecule has 0 rings (SSSR count). The van der Waals surface area contributed by atoms with Crippen LogP contribution < -0.4 is 0 Å². The normalized spacial score (nSPS) is 12.5. The van der Waals surface area contributed by atoms with Gasteiger partial charge in [0.1, 0.15) is 0 Å². The SMILES string of the molecule is CCCCCCCCC(=CCCCCCCCC(CC)(CC)CC)C(=O)O. The van der Waals surface area contributed by atoms with Gasteiger partial charge >= 0.3 is 5.97 Å². The summed E-state index contributed by atoms with van der Waals surface area (Å²) in [4.78, 5) is 11.4. The van der Waals surface area contributed by atoms with Crippen molar-refractivity contribution >= 4 is 5.97 Å². The number of allylic oxidation sites excluding steroid dienone is 1. The van der Waals surface area contributed by atoms with Gasteiger partial charge in [-0.3, -0.25) is 0 Å². The summed E-state index contributed by atoms with van der Waals surface area (Å²) in [6, 6.07) is 0. The number of carboxylic acid groups (broad SMARTS) is 1. The lowest BCUT2D eigenvalue weighted by molar-refractivity contribution is -0.132. The molecule has 1 N–H and O–H groups in total. The summed E-state index contributed by atoms with van der Waals surface area (Å²) < 4.78 is 0. The van der Waals surface area contributed by atoms with Crippen molar-refractivity contribution < 1.29 is 9.90 Å². The van der Waals surface area contributed by atoms with E-state index in [1.54, 1.807) is 0 Å². The molecule has 0 amide bonds. The van der Waals surface area contributed by atoms with Gasteiger partial charge in [0.05, 0.1) is 0 Å². The Balaban J connectivity index is 3.85. The van der Waals surface area contributed by atoms with E-state index in [1.165, 1.54) is 83.5 Å². The summed E-state index contributed by atoms with van der Waals surface area (Å²) in [6.07, 6.45) is 22.6. The van der Waals surface area contributed by atoms with E-state index >= 15 is 0 Å². The first-order valence-corrected chi connectivity index (χ1v) is 12.0. The molecule has 0 aromatic rings. The predicted octanol–water partition coefficient (Wildman–Crippen LogP) is 8.70. The van der Waals surface area contributed by atoms with Crippen LogP contribution in [0, 0.1) is 5.41 Å². The van der Waals surface area contributed by atoms with Crippen molar-refractivity contribution in [3.8, 4) is 0 Å². The second-order valence-corrected chi connectivity index (χ2v) is 8.42. The van der Waals surface area contributed by atoms with Crippen LogP contribution in [0.4, 0.5) is 0 Å².